The Hall–Kier alpha value is -2.73. The van der Waals surface area contributed by atoms with Crippen LogP contribution in [-0.4, -0.2) is 56.7 Å². The monoisotopic (exact) mass is 361 g/mol. The molecular weight excluding hydrogens is 338 g/mol. The van der Waals surface area contributed by atoms with Crippen molar-refractivity contribution < 1.29 is 4.79 Å². The summed E-state index contributed by atoms with van der Waals surface area (Å²) in [5.74, 6) is 0.0483. The topological polar surface area (TPSA) is 54.3 Å². The molecule has 2 aromatic heterocycles. The van der Waals surface area contributed by atoms with E-state index in [1.165, 1.54) is 12.8 Å². The van der Waals surface area contributed by atoms with E-state index in [4.69, 9.17) is 0 Å². The van der Waals surface area contributed by atoms with Crippen LogP contribution in [0, 0.1) is 0 Å². The van der Waals surface area contributed by atoms with Crippen LogP contribution < -0.4 is 0 Å². The first-order valence-electron chi connectivity index (χ1n) is 9.67. The summed E-state index contributed by atoms with van der Waals surface area (Å²) < 4.78 is 2.11. The van der Waals surface area contributed by atoms with Crippen LogP contribution in [0.15, 0.2) is 48.8 Å². The number of pyridine rings is 1. The van der Waals surface area contributed by atoms with E-state index in [2.05, 4.69) is 19.7 Å². The minimum Gasteiger partial charge on any atom is -0.331 e. The molecule has 4 heterocycles. The van der Waals surface area contributed by atoms with Crippen LogP contribution >= 0.6 is 0 Å². The van der Waals surface area contributed by atoms with Gasteiger partial charge in [0.2, 0.25) is 0 Å². The highest BCUT2D eigenvalue weighted by Crippen LogP contribution is 2.24. The molecule has 1 saturated heterocycles. The SMILES string of the molecule is O=C(c1cnc2ccccc2c1)N1Cc2ccnn2[C@H](CN2CCCC2)C1. The van der Waals surface area contributed by atoms with Gasteiger partial charge in [0.1, 0.15) is 0 Å². The summed E-state index contributed by atoms with van der Waals surface area (Å²) in [6.07, 6.45) is 6.08. The zero-order valence-corrected chi connectivity index (χ0v) is 15.3. The molecule has 0 spiro atoms. The number of hydrogen-bond acceptors (Lipinski definition) is 4. The Labute approximate surface area is 158 Å². The Kier molecular flexibility index (Phi) is 4.13. The van der Waals surface area contributed by atoms with E-state index in [1.807, 2.05) is 47.5 Å². The molecule has 1 fully saturated rings. The summed E-state index contributed by atoms with van der Waals surface area (Å²) in [6, 6.07) is 12.1. The molecule has 1 atom stereocenters. The molecule has 6 heteroatoms. The molecule has 1 aromatic carbocycles. The molecule has 0 aliphatic carbocycles. The molecule has 27 heavy (non-hydrogen) atoms. The average molecular weight is 361 g/mol. The van der Waals surface area contributed by atoms with Crippen LogP contribution in [0.4, 0.5) is 0 Å². The van der Waals surface area contributed by atoms with Crippen LogP contribution in [-0.2, 0) is 6.54 Å². The fraction of sp³-hybridized carbons (Fsp3) is 0.381. The van der Waals surface area contributed by atoms with Gasteiger partial charge in [-0.05, 0) is 44.1 Å². The van der Waals surface area contributed by atoms with Gasteiger partial charge in [-0.2, -0.15) is 5.10 Å². The highest BCUT2D eigenvalue weighted by molar-refractivity contribution is 5.97. The zero-order chi connectivity index (χ0) is 18.2. The first-order chi connectivity index (χ1) is 13.3. The van der Waals surface area contributed by atoms with Gasteiger partial charge < -0.3 is 9.80 Å². The summed E-state index contributed by atoms with van der Waals surface area (Å²) in [7, 11) is 0. The Balaban J connectivity index is 1.41. The lowest BCUT2D eigenvalue weighted by Gasteiger charge is -2.35. The van der Waals surface area contributed by atoms with Gasteiger partial charge in [0.15, 0.2) is 0 Å². The van der Waals surface area contributed by atoms with Crippen LogP contribution in [0.1, 0.15) is 34.9 Å². The van der Waals surface area contributed by atoms with E-state index in [0.29, 0.717) is 18.7 Å². The van der Waals surface area contributed by atoms with Crippen molar-refractivity contribution in [3.63, 3.8) is 0 Å². The first-order valence-corrected chi connectivity index (χ1v) is 9.67. The summed E-state index contributed by atoms with van der Waals surface area (Å²) in [5, 5.41) is 5.53. The standard InChI is InChI=1S/C21H23N5O/c27-21(17-11-16-5-1-2-6-20(16)22-12-17)25-14-18-7-8-23-26(18)19(15-25)13-24-9-3-4-10-24/h1-2,5-8,11-12,19H,3-4,9-10,13-15H2/t19-/m1/s1. The number of amides is 1. The van der Waals surface area contributed by atoms with Gasteiger partial charge in [-0.25, -0.2) is 0 Å². The largest absolute Gasteiger partial charge is 0.331 e. The number of carbonyl (C=O) groups excluding carboxylic acids is 1. The number of likely N-dealkylation sites (tertiary alicyclic amines) is 1. The molecule has 3 aromatic rings. The Bertz CT molecular complexity index is 975. The van der Waals surface area contributed by atoms with Gasteiger partial charge in [-0.1, -0.05) is 18.2 Å². The summed E-state index contributed by atoms with van der Waals surface area (Å²) in [4.78, 5) is 22.1. The van der Waals surface area contributed by atoms with E-state index in [1.54, 1.807) is 6.20 Å². The predicted molar refractivity (Wildman–Crippen MR) is 103 cm³/mol. The van der Waals surface area contributed by atoms with Gasteiger partial charge in [0.25, 0.3) is 5.91 Å². The van der Waals surface area contributed by atoms with Gasteiger partial charge in [-0.15, -0.1) is 0 Å². The predicted octanol–water partition coefficient (Wildman–Crippen LogP) is 2.72. The molecule has 0 saturated carbocycles. The normalized spacial score (nSPS) is 20.1. The van der Waals surface area contributed by atoms with Crippen molar-refractivity contribution in [3.8, 4) is 0 Å². The maximum Gasteiger partial charge on any atom is 0.255 e. The summed E-state index contributed by atoms with van der Waals surface area (Å²) in [6.45, 7) is 4.54. The van der Waals surface area contributed by atoms with Crippen molar-refractivity contribution in [3.05, 3.63) is 60.0 Å². The lowest BCUT2D eigenvalue weighted by Crippen LogP contribution is -2.45. The molecule has 0 radical (unpaired) electrons. The highest BCUT2D eigenvalue weighted by atomic mass is 16.2. The van der Waals surface area contributed by atoms with E-state index in [9.17, 15) is 4.79 Å². The zero-order valence-electron chi connectivity index (χ0n) is 15.3. The lowest BCUT2D eigenvalue weighted by atomic mass is 10.1. The third-order valence-corrected chi connectivity index (χ3v) is 5.67. The third-order valence-electron chi connectivity index (χ3n) is 5.67. The molecule has 0 bridgehead atoms. The van der Waals surface area contributed by atoms with E-state index >= 15 is 0 Å². The first kappa shape index (κ1) is 16.4. The van der Waals surface area contributed by atoms with Crippen molar-refractivity contribution in [2.24, 2.45) is 0 Å². The van der Waals surface area contributed by atoms with Crippen molar-refractivity contribution in [2.45, 2.75) is 25.4 Å². The second-order valence-corrected chi connectivity index (χ2v) is 7.53. The molecule has 6 nitrogen and oxygen atoms in total. The number of nitrogens with zero attached hydrogens (tertiary/aromatic N) is 5. The van der Waals surface area contributed by atoms with Crippen molar-refractivity contribution >= 4 is 16.8 Å². The van der Waals surface area contributed by atoms with E-state index in [-0.39, 0.29) is 11.9 Å². The van der Waals surface area contributed by atoms with Gasteiger partial charge in [0, 0.05) is 30.9 Å². The number of hydrogen-bond donors (Lipinski definition) is 0. The second-order valence-electron chi connectivity index (χ2n) is 7.53. The fourth-order valence-electron chi connectivity index (χ4n) is 4.31. The fourth-order valence-corrected chi connectivity index (χ4v) is 4.31. The number of para-hydroxylation sites is 1. The molecule has 2 aliphatic heterocycles. The molecule has 1 amide bonds. The van der Waals surface area contributed by atoms with Crippen LogP contribution in [0.3, 0.4) is 0 Å². The van der Waals surface area contributed by atoms with Crippen LogP contribution in [0.5, 0.6) is 0 Å². The van der Waals surface area contributed by atoms with Crippen molar-refractivity contribution in [1.29, 1.82) is 0 Å². The van der Waals surface area contributed by atoms with Gasteiger partial charge in [0.05, 0.1) is 29.4 Å². The highest BCUT2D eigenvalue weighted by Gasteiger charge is 2.31. The summed E-state index contributed by atoms with van der Waals surface area (Å²) in [5.41, 5.74) is 2.67. The van der Waals surface area contributed by atoms with E-state index in [0.717, 1.165) is 36.2 Å². The third kappa shape index (κ3) is 3.10. The average Bonchev–Trinajstić information content (AvgIpc) is 3.38. The number of fused-ring (bicyclic) bond motifs is 2. The van der Waals surface area contributed by atoms with Crippen LogP contribution in [0.25, 0.3) is 10.9 Å². The Morgan fingerprint density at radius 1 is 1.15 bits per heavy atom. The maximum absolute atomic E-state index is 13.2. The molecule has 138 valence electrons. The summed E-state index contributed by atoms with van der Waals surface area (Å²) >= 11 is 0. The number of rotatable bonds is 3. The van der Waals surface area contributed by atoms with Crippen molar-refractivity contribution in [2.75, 3.05) is 26.2 Å². The molecule has 5 rings (SSSR count). The lowest BCUT2D eigenvalue weighted by molar-refractivity contribution is 0.0646. The number of carbonyl (C=O) groups is 1. The Morgan fingerprint density at radius 3 is 2.89 bits per heavy atom. The number of aromatic nitrogens is 3. The molecule has 0 unspecified atom stereocenters. The quantitative estimate of drug-likeness (QED) is 0.720. The van der Waals surface area contributed by atoms with Gasteiger partial charge >= 0.3 is 0 Å². The minimum atomic E-state index is 0.0483. The minimum absolute atomic E-state index is 0.0483. The number of benzene rings is 1. The molecular formula is C21H23N5O. The van der Waals surface area contributed by atoms with E-state index < -0.39 is 0 Å². The Morgan fingerprint density at radius 2 is 2.00 bits per heavy atom. The van der Waals surface area contributed by atoms with Crippen LogP contribution in [0.2, 0.25) is 0 Å². The van der Waals surface area contributed by atoms with Gasteiger partial charge in [-0.3, -0.25) is 14.5 Å². The maximum atomic E-state index is 13.2. The second kappa shape index (κ2) is 6.78. The smallest absolute Gasteiger partial charge is 0.255 e. The van der Waals surface area contributed by atoms with Crippen molar-refractivity contribution in [1.82, 2.24) is 24.6 Å². The molecule has 0 N–H and O–H groups in total. The molecule has 2 aliphatic rings.